The highest BCUT2D eigenvalue weighted by molar-refractivity contribution is 5.94. The van der Waals surface area contributed by atoms with E-state index >= 15 is 0 Å². The number of nitrogens with zero attached hydrogens (tertiary/aromatic N) is 2. The van der Waals surface area contributed by atoms with E-state index in [1.165, 1.54) is 12.1 Å². The molecule has 0 saturated carbocycles. The van der Waals surface area contributed by atoms with Gasteiger partial charge in [0.15, 0.2) is 0 Å². The largest absolute Gasteiger partial charge is 0.416 e. The van der Waals surface area contributed by atoms with E-state index in [2.05, 4.69) is 11.1 Å². The van der Waals surface area contributed by atoms with Crippen LogP contribution in [0.4, 0.5) is 13.2 Å². The van der Waals surface area contributed by atoms with Crippen LogP contribution in [0.15, 0.2) is 70.3 Å². The maximum Gasteiger partial charge on any atom is 0.416 e. The summed E-state index contributed by atoms with van der Waals surface area (Å²) < 4.78 is 37.7. The number of hydrogen-bond donors (Lipinski definition) is 0. The normalized spacial score (nSPS) is 19.9. The molecule has 0 fully saturated rings. The minimum atomic E-state index is -4.37. The number of aliphatic imine (C=N–C) groups is 1. The number of alkyl halides is 3. The van der Waals surface area contributed by atoms with Crippen LogP contribution in [0.1, 0.15) is 11.1 Å². The van der Waals surface area contributed by atoms with E-state index in [0.717, 1.165) is 17.7 Å². The molecule has 1 aromatic rings. The molecule has 0 amide bonds. The van der Waals surface area contributed by atoms with Gasteiger partial charge in [-0.05, 0) is 29.3 Å². The van der Waals surface area contributed by atoms with Crippen molar-refractivity contribution >= 4 is 12.3 Å². The molecule has 0 radical (unpaired) electrons. The number of fused-ring (bicyclic) bond motifs is 1. The van der Waals surface area contributed by atoms with Gasteiger partial charge in [0.25, 0.3) is 0 Å². The molecule has 1 aromatic carbocycles. The monoisotopic (exact) mass is 312 g/mol. The number of hydrogen-bond acceptors (Lipinski definition) is 2. The molecule has 0 bridgehead atoms. The fraction of sp³-hybridized carbons (Fsp3) is 0.111. The van der Waals surface area contributed by atoms with E-state index in [1.54, 1.807) is 12.3 Å². The molecule has 1 aliphatic heterocycles. The molecule has 1 aliphatic carbocycles. The van der Waals surface area contributed by atoms with Gasteiger partial charge in [0.05, 0.1) is 23.2 Å². The first-order valence-electron chi connectivity index (χ1n) is 6.91. The third-order valence-corrected chi connectivity index (χ3v) is 3.63. The van der Waals surface area contributed by atoms with Crippen molar-refractivity contribution in [1.82, 2.24) is 0 Å². The Hall–Kier alpha value is -2.87. The van der Waals surface area contributed by atoms with Crippen molar-refractivity contribution in [2.45, 2.75) is 12.2 Å². The number of nitriles is 1. The zero-order valence-corrected chi connectivity index (χ0v) is 11.9. The minimum Gasteiger partial charge on any atom is -0.280 e. The van der Waals surface area contributed by atoms with Crippen LogP contribution in [0.25, 0.3) is 6.08 Å². The first kappa shape index (κ1) is 15.0. The molecule has 2 nitrogen and oxygen atoms in total. The van der Waals surface area contributed by atoms with E-state index < -0.39 is 11.7 Å². The van der Waals surface area contributed by atoms with Gasteiger partial charge in [-0.15, -0.1) is 0 Å². The summed E-state index contributed by atoms with van der Waals surface area (Å²) in [6.07, 6.45) is 6.42. The van der Waals surface area contributed by atoms with Gasteiger partial charge in [-0.1, -0.05) is 36.4 Å². The quantitative estimate of drug-likeness (QED) is 0.741. The molecule has 114 valence electrons. The van der Waals surface area contributed by atoms with Crippen LogP contribution in [0.3, 0.4) is 0 Å². The van der Waals surface area contributed by atoms with Crippen molar-refractivity contribution in [3.63, 3.8) is 0 Å². The highest BCUT2D eigenvalue weighted by atomic mass is 19.4. The molecule has 0 spiro atoms. The zero-order valence-electron chi connectivity index (χ0n) is 11.9. The van der Waals surface area contributed by atoms with Gasteiger partial charge in [-0.2, -0.15) is 18.4 Å². The predicted octanol–water partition coefficient (Wildman–Crippen LogP) is 4.49. The van der Waals surface area contributed by atoms with Crippen LogP contribution in [-0.4, -0.2) is 12.3 Å². The lowest BCUT2D eigenvalue weighted by atomic mass is 9.95. The number of halogens is 3. The summed E-state index contributed by atoms with van der Waals surface area (Å²) in [5.41, 5.74) is 1.84. The summed E-state index contributed by atoms with van der Waals surface area (Å²) in [6.45, 7) is 0. The lowest BCUT2D eigenvalue weighted by Gasteiger charge is -2.09. The first-order chi connectivity index (χ1) is 11.0. The molecule has 3 rings (SSSR count). The Morgan fingerprint density at radius 1 is 1.17 bits per heavy atom. The summed E-state index contributed by atoms with van der Waals surface area (Å²) in [5, 5.41) is 9.39. The second kappa shape index (κ2) is 5.73. The van der Waals surface area contributed by atoms with Crippen molar-refractivity contribution in [1.29, 1.82) is 5.26 Å². The zero-order chi connectivity index (χ0) is 16.4. The average Bonchev–Trinajstić information content (AvgIpc) is 2.96. The van der Waals surface area contributed by atoms with Gasteiger partial charge in [-0.3, -0.25) is 4.99 Å². The fourth-order valence-corrected chi connectivity index (χ4v) is 2.47. The van der Waals surface area contributed by atoms with Crippen molar-refractivity contribution in [2.75, 3.05) is 0 Å². The Morgan fingerprint density at radius 3 is 2.57 bits per heavy atom. The topological polar surface area (TPSA) is 36.1 Å². The Morgan fingerprint density at radius 2 is 1.91 bits per heavy atom. The molecule has 1 unspecified atom stereocenters. The summed E-state index contributed by atoms with van der Waals surface area (Å²) in [6, 6.07) is 6.74. The summed E-state index contributed by atoms with van der Waals surface area (Å²) >= 11 is 0. The van der Waals surface area contributed by atoms with Crippen LogP contribution in [-0.2, 0) is 6.18 Å². The van der Waals surface area contributed by atoms with Gasteiger partial charge in [-0.25, -0.2) is 0 Å². The average molecular weight is 312 g/mol. The van der Waals surface area contributed by atoms with Crippen LogP contribution >= 0.6 is 0 Å². The molecule has 1 atom stereocenters. The molecular weight excluding hydrogens is 301 g/mol. The number of allylic oxidation sites excluding steroid dienone is 4. The van der Waals surface area contributed by atoms with Gasteiger partial charge in [0.1, 0.15) is 0 Å². The Bertz CT molecular complexity index is 813. The maximum absolute atomic E-state index is 12.6. The molecule has 5 heteroatoms. The van der Waals surface area contributed by atoms with E-state index in [-0.39, 0.29) is 6.04 Å². The second-order valence-corrected chi connectivity index (χ2v) is 5.13. The van der Waals surface area contributed by atoms with Crippen LogP contribution < -0.4 is 0 Å². The SMILES string of the molecule is N#C/C(=C\c1ccc(C(F)(F)F)cc1)C1=C2C=CC=CC2N=C1. The van der Waals surface area contributed by atoms with Crippen molar-refractivity contribution < 1.29 is 13.2 Å². The third-order valence-electron chi connectivity index (χ3n) is 3.63. The van der Waals surface area contributed by atoms with Crippen LogP contribution in [0.5, 0.6) is 0 Å². The number of benzene rings is 1. The van der Waals surface area contributed by atoms with Gasteiger partial charge in [0, 0.05) is 11.8 Å². The highest BCUT2D eigenvalue weighted by Gasteiger charge is 2.30. The van der Waals surface area contributed by atoms with E-state index in [0.29, 0.717) is 16.7 Å². The molecule has 0 aromatic heterocycles. The summed E-state index contributed by atoms with van der Waals surface area (Å²) in [4.78, 5) is 4.32. The van der Waals surface area contributed by atoms with Crippen molar-refractivity contribution in [3.8, 4) is 6.07 Å². The summed E-state index contributed by atoms with van der Waals surface area (Å²) in [7, 11) is 0. The first-order valence-corrected chi connectivity index (χ1v) is 6.91. The van der Waals surface area contributed by atoms with Crippen molar-refractivity contribution in [3.05, 3.63) is 76.4 Å². The molecule has 23 heavy (non-hydrogen) atoms. The third kappa shape index (κ3) is 3.02. The molecule has 2 aliphatic rings. The molecular formula is C18H11F3N2. The number of rotatable bonds is 2. The Labute approximate surface area is 131 Å². The summed E-state index contributed by atoms with van der Waals surface area (Å²) in [5.74, 6) is 0. The van der Waals surface area contributed by atoms with Gasteiger partial charge in [0.2, 0.25) is 0 Å². The van der Waals surface area contributed by atoms with Crippen molar-refractivity contribution in [2.24, 2.45) is 4.99 Å². The standard InChI is InChI=1S/C18H11F3N2/c19-18(20,21)14-7-5-12(6-8-14)9-13(10-22)16-11-23-17-4-2-1-3-15(16)17/h1-9,11,17H/b13-9+. The van der Waals surface area contributed by atoms with E-state index in [9.17, 15) is 18.4 Å². The Kier molecular flexibility index (Phi) is 3.75. The second-order valence-electron chi connectivity index (χ2n) is 5.13. The minimum absolute atomic E-state index is 0.0839. The molecule has 0 saturated heterocycles. The van der Waals surface area contributed by atoms with E-state index in [4.69, 9.17) is 0 Å². The van der Waals surface area contributed by atoms with Crippen LogP contribution in [0, 0.1) is 11.3 Å². The lowest BCUT2D eigenvalue weighted by Crippen LogP contribution is -2.04. The predicted molar refractivity (Wildman–Crippen MR) is 82.6 cm³/mol. The highest BCUT2D eigenvalue weighted by Crippen LogP contribution is 2.31. The van der Waals surface area contributed by atoms with Gasteiger partial charge >= 0.3 is 6.18 Å². The maximum atomic E-state index is 12.6. The van der Waals surface area contributed by atoms with E-state index in [1.807, 2.05) is 24.3 Å². The molecule has 0 N–H and O–H groups in total. The fourth-order valence-electron chi connectivity index (χ4n) is 2.47. The Balaban J connectivity index is 1.95. The smallest absolute Gasteiger partial charge is 0.280 e. The van der Waals surface area contributed by atoms with Gasteiger partial charge < -0.3 is 0 Å². The van der Waals surface area contributed by atoms with Crippen LogP contribution in [0.2, 0.25) is 0 Å². The molecule has 1 heterocycles. The lowest BCUT2D eigenvalue weighted by molar-refractivity contribution is -0.137.